The van der Waals surface area contributed by atoms with Gasteiger partial charge in [0.25, 0.3) is 0 Å². The molecular formula is C19H22O6. The minimum absolute atomic E-state index is 0.359. The maximum atomic E-state index is 10.1. The molecule has 0 aliphatic rings. The van der Waals surface area contributed by atoms with Crippen LogP contribution in [0.3, 0.4) is 0 Å². The normalized spacial score (nSPS) is 9.16. The van der Waals surface area contributed by atoms with Crippen LogP contribution in [0.2, 0.25) is 0 Å². The van der Waals surface area contributed by atoms with Gasteiger partial charge in [-0.3, -0.25) is 0 Å². The maximum absolute atomic E-state index is 10.1. The SMILES string of the molecule is C=CC(=O)O.C=CC(=O)OCC.O=C(O)C=CC=Cc1ccccc1. The number of hydrogen-bond acceptors (Lipinski definition) is 4. The van der Waals surface area contributed by atoms with Crippen molar-refractivity contribution in [3.05, 3.63) is 79.4 Å². The Kier molecular flexibility index (Phi) is 16.2. The molecule has 0 bridgehead atoms. The minimum Gasteiger partial charge on any atom is -0.478 e. The van der Waals surface area contributed by atoms with Gasteiger partial charge in [-0.15, -0.1) is 0 Å². The zero-order valence-corrected chi connectivity index (χ0v) is 14.0. The summed E-state index contributed by atoms with van der Waals surface area (Å²) < 4.78 is 4.43. The van der Waals surface area contributed by atoms with E-state index in [0.717, 1.165) is 23.8 Å². The predicted molar refractivity (Wildman–Crippen MR) is 96.9 cm³/mol. The topological polar surface area (TPSA) is 101 Å². The summed E-state index contributed by atoms with van der Waals surface area (Å²) in [5.41, 5.74) is 1.05. The Labute approximate surface area is 147 Å². The molecule has 2 N–H and O–H groups in total. The van der Waals surface area contributed by atoms with Crippen molar-refractivity contribution in [2.75, 3.05) is 6.61 Å². The van der Waals surface area contributed by atoms with E-state index in [4.69, 9.17) is 10.2 Å². The molecule has 1 aromatic rings. The second-order valence-electron chi connectivity index (χ2n) is 3.97. The van der Waals surface area contributed by atoms with Crippen LogP contribution in [0.25, 0.3) is 6.08 Å². The number of benzene rings is 1. The number of carbonyl (C=O) groups excluding carboxylic acids is 1. The Hall–Kier alpha value is -3.41. The molecule has 25 heavy (non-hydrogen) atoms. The summed E-state index contributed by atoms with van der Waals surface area (Å²) >= 11 is 0. The molecule has 6 heteroatoms. The number of esters is 1. The van der Waals surface area contributed by atoms with Gasteiger partial charge in [-0.1, -0.05) is 61.7 Å². The number of carbonyl (C=O) groups is 3. The summed E-state index contributed by atoms with van der Waals surface area (Å²) in [6.07, 6.45) is 8.11. The molecule has 0 radical (unpaired) electrons. The second-order valence-corrected chi connectivity index (χ2v) is 3.97. The molecule has 0 unspecified atom stereocenters. The first-order valence-electron chi connectivity index (χ1n) is 7.14. The van der Waals surface area contributed by atoms with E-state index in [9.17, 15) is 14.4 Å². The van der Waals surface area contributed by atoms with E-state index >= 15 is 0 Å². The van der Waals surface area contributed by atoms with Crippen LogP contribution >= 0.6 is 0 Å². The van der Waals surface area contributed by atoms with Gasteiger partial charge in [0.1, 0.15) is 0 Å². The summed E-state index contributed by atoms with van der Waals surface area (Å²) in [7, 11) is 0. The third kappa shape index (κ3) is 20.6. The van der Waals surface area contributed by atoms with Gasteiger partial charge in [-0.2, -0.15) is 0 Å². The number of aliphatic carboxylic acids is 2. The van der Waals surface area contributed by atoms with Gasteiger partial charge in [0.05, 0.1) is 6.61 Å². The average Bonchev–Trinajstić information content (AvgIpc) is 2.60. The highest BCUT2D eigenvalue weighted by molar-refractivity contribution is 5.81. The van der Waals surface area contributed by atoms with Crippen LogP contribution in [0, 0.1) is 0 Å². The number of rotatable bonds is 6. The molecule has 1 rings (SSSR count). The molecule has 0 saturated heterocycles. The zero-order valence-electron chi connectivity index (χ0n) is 14.0. The summed E-state index contributed by atoms with van der Waals surface area (Å²) in [5, 5.41) is 15.9. The molecule has 1 aromatic carbocycles. The first kappa shape index (κ1) is 23.9. The van der Waals surface area contributed by atoms with E-state index in [-0.39, 0.29) is 5.97 Å². The average molecular weight is 346 g/mol. The fourth-order valence-corrected chi connectivity index (χ4v) is 1.07. The highest BCUT2D eigenvalue weighted by atomic mass is 16.5. The Morgan fingerprint density at radius 3 is 1.92 bits per heavy atom. The summed E-state index contributed by atoms with van der Waals surface area (Å²) in [6.45, 7) is 8.34. The highest BCUT2D eigenvalue weighted by Gasteiger charge is 1.86. The van der Waals surface area contributed by atoms with E-state index in [0.29, 0.717) is 6.61 Å². The van der Waals surface area contributed by atoms with Gasteiger partial charge in [0, 0.05) is 18.2 Å². The van der Waals surface area contributed by atoms with Crippen LogP contribution in [0.1, 0.15) is 12.5 Å². The van der Waals surface area contributed by atoms with Crippen molar-refractivity contribution in [3.63, 3.8) is 0 Å². The minimum atomic E-state index is -0.981. The molecule has 6 nitrogen and oxygen atoms in total. The Balaban J connectivity index is 0. The molecule has 0 fully saturated rings. The Bertz CT molecular complexity index is 600. The van der Waals surface area contributed by atoms with Gasteiger partial charge in [0.15, 0.2) is 0 Å². The third-order valence-corrected chi connectivity index (χ3v) is 2.07. The van der Waals surface area contributed by atoms with Gasteiger partial charge < -0.3 is 14.9 Å². The van der Waals surface area contributed by atoms with Crippen molar-refractivity contribution in [1.82, 2.24) is 0 Å². The van der Waals surface area contributed by atoms with E-state index in [2.05, 4.69) is 17.9 Å². The quantitative estimate of drug-likeness (QED) is 0.465. The number of hydrogen-bond donors (Lipinski definition) is 2. The standard InChI is InChI=1S/C11H10O2.C5H8O2.C3H4O2/c12-11(13)9-5-4-8-10-6-2-1-3-7-10;1-3-5(6)7-4-2;1-2-3(4)5/h1-9H,(H,12,13);3H,1,4H2,2H3;2H,1H2,(H,4,5). The van der Waals surface area contributed by atoms with Gasteiger partial charge in [0.2, 0.25) is 0 Å². The Morgan fingerprint density at radius 2 is 1.56 bits per heavy atom. The molecule has 0 spiro atoms. The number of carboxylic acids is 2. The lowest BCUT2D eigenvalue weighted by atomic mass is 10.2. The smallest absolute Gasteiger partial charge is 0.330 e. The van der Waals surface area contributed by atoms with Gasteiger partial charge in [-0.25, -0.2) is 14.4 Å². The molecule has 0 aliphatic carbocycles. The van der Waals surface area contributed by atoms with Crippen LogP contribution in [0.15, 0.2) is 73.9 Å². The van der Waals surface area contributed by atoms with Crippen molar-refractivity contribution in [2.45, 2.75) is 6.92 Å². The zero-order chi connectivity index (χ0) is 19.5. The Morgan fingerprint density at radius 1 is 1.00 bits per heavy atom. The fourth-order valence-electron chi connectivity index (χ4n) is 1.07. The van der Waals surface area contributed by atoms with E-state index in [1.54, 1.807) is 13.0 Å². The number of allylic oxidation sites excluding steroid dienone is 2. The van der Waals surface area contributed by atoms with Crippen molar-refractivity contribution in [1.29, 1.82) is 0 Å². The van der Waals surface area contributed by atoms with Crippen molar-refractivity contribution in [2.24, 2.45) is 0 Å². The third-order valence-electron chi connectivity index (χ3n) is 2.07. The monoisotopic (exact) mass is 346 g/mol. The summed E-state index contributed by atoms with van der Waals surface area (Å²) in [5.74, 6) is -2.27. The van der Waals surface area contributed by atoms with Gasteiger partial charge >= 0.3 is 17.9 Å². The molecule has 0 heterocycles. The lowest BCUT2D eigenvalue weighted by Gasteiger charge is -1.90. The first-order chi connectivity index (χ1) is 11.9. The van der Waals surface area contributed by atoms with E-state index in [1.807, 2.05) is 36.4 Å². The molecule has 0 atom stereocenters. The number of ether oxygens (including phenoxy) is 1. The summed E-state index contributed by atoms with van der Waals surface area (Å²) in [4.78, 5) is 29.4. The van der Waals surface area contributed by atoms with Crippen LogP contribution < -0.4 is 0 Å². The molecular weight excluding hydrogens is 324 g/mol. The van der Waals surface area contributed by atoms with Crippen LogP contribution in [0.4, 0.5) is 0 Å². The van der Waals surface area contributed by atoms with Crippen LogP contribution in [-0.2, 0) is 19.1 Å². The first-order valence-corrected chi connectivity index (χ1v) is 7.14. The van der Waals surface area contributed by atoms with E-state index in [1.165, 1.54) is 6.08 Å². The van der Waals surface area contributed by atoms with E-state index < -0.39 is 11.9 Å². The molecule has 0 aromatic heterocycles. The van der Waals surface area contributed by atoms with Crippen molar-refractivity contribution >= 4 is 24.0 Å². The maximum Gasteiger partial charge on any atom is 0.330 e. The largest absolute Gasteiger partial charge is 0.478 e. The summed E-state index contributed by atoms with van der Waals surface area (Å²) in [6, 6.07) is 9.70. The second kappa shape index (κ2) is 17.0. The highest BCUT2D eigenvalue weighted by Crippen LogP contribution is 2.00. The van der Waals surface area contributed by atoms with Crippen LogP contribution in [0.5, 0.6) is 0 Å². The predicted octanol–water partition coefficient (Wildman–Crippen LogP) is 3.33. The lowest BCUT2D eigenvalue weighted by molar-refractivity contribution is -0.137. The molecule has 0 aliphatic heterocycles. The van der Waals surface area contributed by atoms with Gasteiger partial charge in [-0.05, 0) is 12.5 Å². The number of carboxylic acid groups (broad SMARTS) is 2. The van der Waals surface area contributed by atoms with Crippen LogP contribution in [-0.4, -0.2) is 34.7 Å². The lowest BCUT2D eigenvalue weighted by Crippen LogP contribution is -1.97. The fraction of sp³-hybridized carbons (Fsp3) is 0.105. The molecule has 0 saturated carbocycles. The molecule has 134 valence electrons. The van der Waals surface area contributed by atoms with Crippen molar-refractivity contribution in [3.8, 4) is 0 Å². The van der Waals surface area contributed by atoms with Crippen molar-refractivity contribution < 1.29 is 29.3 Å². The molecule has 0 amide bonds.